The molecule has 0 aliphatic carbocycles. The first-order valence-corrected chi connectivity index (χ1v) is 5.32. The van der Waals surface area contributed by atoms with Crippen LogP contribution in [-0.4, -0.2) is 21.0 Å². The van der Waals surface area contributed by atoms with Crippen molar-refractivity contribution in [2.24, 2.45) is 7.05 Å². The van der Waals surface area contributed by atoms with Crippen molar-refractivity contribution in [1.82, 2.24) is 14.8 Å². The third-order valence-electron chi connectivity index (χ3n) is 2.36. The number of aromatic nitrogens is 3. The average Bonchev–Trinajstić information content (AvgIpc) is 2.68. The fourth-order valence-electron chi connectivity index (χ4n) is 1.46. The molecule has 0 amide bonds. The largest absolute Gasteiger partial charge is 0.469 e. The molecular weight excluding hydrogens is 216 g/mol. The van der Waals surface area contributed by atoms with Crippen LogP contribution in [-0.2, 0) is 7.05 Å². The number of anilines is 1. The summed E-state index contributed by atoms with van der Waals surface area (Å²) in [5, 5.41) is 7.16. The highest BCUT2D eigenvalue weighted by Gasteiger charge is 2.08. The summed E-state index contributed by atoms with van der Waals surface area (Å²) in [7, 11) is 1.85. The zero-order valence-electron chi connectivity index (χ0n) is 9.92. The molecule has 1 radical (unpaired) electrons. The summed E-state index contributed by atoms with van der Waals surface area (Å²) in [6, 6.07) is 5.56. The molecule has 0 fully saturated rings. The Morgan fingerprint density at radius 1 is 1.41 bits per heavy atom. The predicted molar refractivity (Wildman–Crippen MR) is 65.6 cm³/mol. The Bertz CT molecular complexity index is 495. The van der Waals surface area contributed by atoms with Gasteiger partial charge in [0.15, 0.2) is 6.23 Å². The van der Waals surface area contributed by atoms with Gasteiger partial charge in [0.2, 0.25) is 0 Å². The topological polar surface area (TPSA) is 52.0 Å². The molecule has 0 aromatic carbocycles. The Hall–Kier alpha value is -2.04. The van der Waals surface area contributed by atoms with Crippen LogP contribution in [0.2, 0.25) is 0 Å². The van der Waals surface area contributed by atoms with Gasteiger partial charge in [-0.2, -0.15) is 5.10 Å². The number of aryl methyl sites for hydroxylation is 2. The van der Waals surface area contributed by atoms with Gasteiger partial charge in [0.1, 0.15) is 11.6 Å². The lowest BCUT2D eigenvalue weighted by Crippen LogP contribution is -2.24. The standard InChI is InChI=1S/C12H15N4O/c1-9-11(5-4-7-13-9)17-10(2)15-12-6-8-14-16(12)3/h4-8,10,15H,2H2,1,3H3. The number of rotatable bonds is 4. The molecule has 5 nitrogen and oxygen atoms in total. The van der Waals surface area contributed by atoms with Crippen LogP contribution in [0.15, 0.2) is 30.6 Å². The maximum Gasteiger partial charge on any atom is 0.171 e. The first-order chi connectivity index (χ1) is 8.16. The monoisotopic (exact) mass is 231 g/mol. The number of hydrogen-bond acceptors (Lipinski definition) is 4. The van der Waals surface area contributed by atoms with Crippen molar-refractivity contribution >= 4 is 5.82 Å². The Balaban J connectivity index is 2.01. The molecule has 0 aliphatic heterocycles. The lowest BCUT2D eigenvalue weighted by Gasteiger charge is -2.17. The number of nitrogens with zero attached hydrogens (tertiary/aromatic N) is 3. The van der Waals surface area contributed by atoms with E-state index in [0.717, 1.165) is 17.3 Å². The molecule has 2 aromatic heterocycles. The smallest absolute Gasteiger partial charge is 0.171 e. The van der Waals surface area contributed by atoms with Crippen LogP contribution in [0.25, 0.3) is 0 Å². The van der Waals surface area contributed by atoms with Crippen molar-refractivity contribution in [3.8, 4) is 5.75 Å². The summed E-state index contributed by atoms with van der Waals surface area (Å²) < 4.78 is 7.37. The van der Waals surface area contributed by atoms with Gasteiger partial charge in [-0.25, -0.2) is 0 Å². The second-order valence-electron chi connectivity index (χ2n) is 3.68. The highest BCUT2D eigenvalue weighted by atomic mass is 16.5. The second-order valence-corrected chi connectivity index (χ2v) is 3.68. The molecule has 2 rings (SSSR count). The Morgan fingerprint density at radius 2 is 2.24 bits per heavy atom. The summed E-state index contributed by atoms with van der Waals surface area (Å²) in [6.07, 6.45) is 3.05. The van der Waals surface area contributed by atoms with Crippen LogP contribution in [0.4, 0.5) is 5.82 Å². The average molecular weight is 231 g/mol. The molecule has 5 heteroatoms. The molecule has 0 saturated carbocycles. The van der Waals surface area contributed by atoms with Crippen LogP contribution in [0, 0.1) is 13.8 Å². The summed E-state index contributed by atoms with van der Waals surface area (Å²) in [5.41, 5.74) is 0.841. The fraction of sp³-hybridized carbons (Fsp3) is 0.250. The van der Waals surface area contributed by atoms with E-state index in [9.17, 15) is 0 Å². The van der Waals surface area contributed by atoms with Crippen LogP contribution in [0.3, 0.4) is 0 Å². The van der Waals surface area contributed by atoms with Crippen molar-refractivity contribution in [2.75, 3.05) is 5.32 Å². The molecule has 0 aliphatic rings. The van der Waals surface area contributed by atoms with Crippen molar-refractivity contribution in [3.05, 3.63) is 43.2 Å². The van der Waals surface area contributed by atoms with Gasteiger partial charge in [-0.1, -0.05) is 0 Å². The highest BCUT2D eigenvalue weighted by molar-refractivity contribution is 5.35. The third-order valence-corrected chi connectivity index (χ3v) is 2.36. The van der Waals surface area contributed by atoms with Gasteiger partial charge in [0.25, 0.3) is 0 Å². The van der Waals surface area contributed by atoms with Crippen molar-refractivity contribution in [3.63, 3.8) is 0 Å². The van der Waals surface area contributed by atoms with Crippen molar-refractivity contribution < 1.29 is 4.74 Å². The number of hydrogen-bond donors (Lipinski definition) is 1. The number of ether oxygens (including phenoxy) is 1. The van der Waals surface area contributed by atoms with Crippen LogP contribution >= 0.6 is 0 Å². The van der Waals surface area contributed by atoms with E-state index in [1.165, 1.54) is 0 Å². The summed E-state index contributed by atoms with van der Waals surface area (Å²) in [6.45, 7) is 5.78. The van der Waals surface area contributed by atoms with E-state index in [1.807, 2.05) is 32.2 Å². The molecule has 0 saturated heterocycles. The van der Waals surface area contributed by atoms with Gasteiger partial charge in [0.05, 0.1) is 11.9 Å². The molecule has 1 N–H and O–H groups in total. The Kier molecular flexibility index (Phi) is 3.27. The van der Waals surface area contributed by atoms with Gasteiger partial charge in [-0.3, -0.25) is 9.67 Å². The molecule has 89 valence electrons. The van der Waals surface area contributed by atoms with Gasteiger partial charge in [0, 0.05) is 26.2 Å². The van der Waals surface area contributed by atoms with E-state index < -0.39 is 6.23 Å². The van der Waals surface area contributed by atoms with E-state index in [4.69, 9.17) is 4.74 Å². The van der Waals surface area contributed by atoms with Crippen LogP contribution in [0.5, 0.6) is 5.75 Å². The Labute approximate surface area is 100 Å². The van der Waals surface area contributed by atoms with Gasteiger partial charge < -0.3 is 10.1 Å². The van der Waals surface area contributed by atoms with Crippen molar-refractivity contribution in [1.29, 1.82) is 0 Å². The zero-order chi connectivity index (χ0) is 12.3. The van der Waals surface area contributed by atoms with E-state index in [2.05, 4.69) is 22.3 Å². The molecule has 0 spiro atoms. The zero-order valence-corrected chi connectivity index (χ0v) is 9.92. The maximum absolute atomic E-state index is 5.65. The quantitative estimate of drug-likeness (QED) is 0.815. The van der Waals surface area contributed by atoms with E-state index in [1.54, 1.807) is 17.1 Å². The summed E-state index contributed by atoms with van der Waals surface area (Å²) >= 11 is 0. The number of pyridine rings is 1. The molecule has 2 heterocycles. The van der Waals surface area contributed by atoms with E-state index in [0.29, 0.717) is 0 Å². The Morgan fingerprint density at radius 3 is 2.88 bits per heavy atom. The van der Waals surface area contributed by atoms with E-state index in [-0.39, 0.29) is 0 Å². The third kappa shape index (κ3) is 2.75. The number of nitrogens with one attached hydrogen (secondary N) is 1. The van der Waals surface area contributed by atoms with E-state index >= 15 is 0 Å². The van der Waals surface area contributed by atoms with Gasteiger partial charge in [-0.05, 0) is 19.1 Å². The van der Waals surface area contributed by atoms with Crippen LogP contribution < -0.4 is 10.1 Å². The van der Waals surface area contributed by atoms with Crippen LogP contribution in [0.1, 0.15) is 5.69 Å². The minimum absolute atomic E-state index is 0.395. The highest BCUT2D eigenvalue weighted by Crippen LogP contribution is 2.16. The maximum atomic E-state index is 5.65. The predicted octanol–water partition coefficient (Wildman–Crippen LogP) is 1.77. The second kappa shape index (κ2) is 4.86. The normalized spacial score (nSPS) is 12.2. The molecule has 2 aromatic rings. The first kappa shape index (κ1) is 11.4. The molecule has 1 unspecified atom stereocenters. The summed E-state index contributed by atoms with van der Waals surface area (Å²) in [4.78, 5) is 4.15. The molecule has 0 bridgehead atoms. The SMILES string of the molecule is [CH2]C(Nc1ccnn1C)Oc1cccnc1C. The van der Waals surface area contributed by atoms with Gasteiger partial charge >= 0.3 is 0 Å². The van der Waals surface area contributed by atoms with Gasteiger partial charge in [-0.15, -0.1) is 0 Å². The lowest BCUT2D eigenvalue weighted by molar-refractivity contribution is 0.271. The minimum Gasteiger partial charge on any atom is -0.469 e. The summed E-state index contributed by atoms with van der Waals surface area (Å²) in [5.74, 6) is 1.58. The minimum atomic E-state index is -0.395. The molecule has 1 atom stereocenters. The first-order valence-electron chi connectivity index (χ1n) is 5.32. The fourth-order valence-corrected chi connectivity index (χ4v) is 1.46. The molecular formula is C12H15N4O. The van der Waals surface area contributed by atoms with Crippen molar-refractivity contribution in [2.45, 2.75) is 13.2 Å². The molecule has 17 heavy (non-hydrogen) atoms. The lowest BCUT2D eigenvalue weighted by atomic mass is 10.3.